The molecule has 0 aliphatic heterocycles. The van der Waals surface area contributed by atoms with Crippen LogP contribution in [0.25, 0.3) is 0 Å². The summed E-state index contributed by atoms with van der Waals surface area (Å²) in [4.78, 5) is 0.0984. The minimum absolute atomic E-state index is 0.0984. The first-order chi connectivity index (χ1) is 10.5. The molecule has 2 rings (SSSR count). The maximum absolute atomic E-state index is 12.6. The molecule has 2 aromatic carbocycles. The summed E-state index contributed by atoms with van der Waals surface area (Å²) in [6.07, 6.45) is 0. The third kappa shape index (κ3) is 3.51. The summed E-state index contributed by atoms with van der Waals surface area (Å²) in [5.41, 5.74) is 1.23. The van der Waals surface area contributed by atoms with Crippen LogP contribution >= 0.6 is 0 Å². The van der Waals surface area contributed by atoms with E-state index in [1.54, 1.807) is 42.5 Å². The standard InChI is InChI=1S/C16H19NO4S/c1-4-21-14-8-6-5-7-13(14)17-22(18,19)16-11-12(2)9-10-15(16)20-3/h5-11,17H,4H2,1-3H3. The van der Waals surface area contributed by atoms with Crippen LogP contribution in [0.3, 0.4) is 0 Å². The molecule has 0 unspecified atom stereocenters. The summed E-state index contributed by atoms with van der Waals surface area (Å²) in [6.45, 7) is 4.12. The minimum Gasteiger partial charge on any atom is -0.495 e. The van der Waals surface area contributed by atoms with Gasteiger partial charge in [-0.05, 0) is 43.7 Å². The molecule has 0 aromatic heterocycles. The smallest absolute Gasteiger partial charge is 0.265 e. The second-order valence-electron chi connectivity index (χ2n) is 4.69. The predicted molar refractivity (Wildman–Crippen MR) is 86.2 cm³/mol. The van der Waals surface area contributed by atoms with Gasteiger partial charge >= 0.3 is 0 Å². The Hall–Kier alpha value is -2.21. The zero-order valence-electron chi connectivity index (χ0n) is 12.8. The van der Waals surface area contributed by atoms with E-state index in [1.807, 2.05) is 13.8 Å². The molecule has 0 saturated heterocycles. The Kier molecular flexibility index (Phi) is 4.92. The average Bonchev–Trinajstić information content (AvgIpc) is 2.49. The van der Waals surface area contributed by atoms with Crippen LogP contribution in [0, 0.1) is 6.92 Å². The van der Waals surface area contributed by atoms with Crippen molar-refractivity contribution in [2.45, 2.75) is 18.7 Å². The summed E-state index contributed by atoms with van der Waals surface area (Å²) in [5.74, 6) is 0.784. The molecule has 1 N–H and O–H groups in total. The van der Waals surface area contributed by atoms with Crippen LogP contribution in [-0.4, -0.2) is 22.1 Å². The first-order valence-electron chi connectivity index (χ1n) is 6.87. The van der Waals surface area contributed by atoms with Gasteiger partial charge in [-0.3, -0.25) is 4.72 Å². The molecule has 0 heterocycles. The fraction of sp³-hybridized carbons (Fsp3) is 0.250. The Morgan fingerprint density at radius 2 is 1.82 bits per heavy atom. The van der Waals surface area contributed by atoms with Crippen molar-refractivity contribution in [2.24, 2.45) is 0 Å². The summed E-state index contributed by atoms with van der Waals surface area (Å²) in [7, 11) is -2.33. The molecule has 0 bridgehead atoms. The van der Waals surface area contributed by atoms with Gasteiger partial charge in [0.1, 0.15) is 16.4 Å². The van der Waals surface area contributed by atoms with Gasteiger partial charge in [0.05, 0.1) is 19.4 Å². The van der Waals surface area contributed by atoms with E-state index in [4.69, 9.17) is 9.47 Å². The maximum Gasteiger partial charge on any atom is 0.265 e. The van der Waals surface area contributed by atoms with E-state index >= 15 is 0 Å². The molecule has 6 heteroatoms. The number of anilines is 1. The van der Waals surface area contributed by atoms with E-state index in [0.717, 1.165) is 5.56 Å². The molecule has 5 nitrogen and oxygen atoms in total. The second kappa shape index (κ2) is 6.70. The lowest BCUT2D eigenvalue weighted by molar-refractivity contribution is 0.342. The van der Waals surface area contributed by atoms with E-state index in [9.17, 15) is 8.42 Å². The molecule has 0 fully saturated rings. The Morgan fingerprint density at radius 3 is 2.50 bits per heavy atom. The van der Waals surface area contributed by atoms with Crippen molar-refractivity contribution in [3.8, 4) is 11.5 Å². The van der Waals surface area contributed by atoms with Crippen LogP contribution in [-0.2, 0) is 10.0 Å². The third-order valence-corrected chi connectivity index (χ3v) is 4.43. The lowest BCUT2D eigenvalue weighted by atomic mass is 10.2. The van der Waals surface area contributed by atoms with E-state index in [0.29, 0.717) is 23.8 Å². The number of ether oxygens (including phenoxy) is 2. The van der Waals surface area contributed by atoms with Crippen LogP contribution in [0.2, 0.25) is 0 Å². The van der Waals surface area contributed by atoms with Crippen molar-refractivity contribution in [1.29, 1.82) is 0 Å². The first kappa shape index (κ1) is 16.2. The molecule has 0 saturated carbocycles. The quantitative estimate of drug-likeness (QED) is 0.887. The number of methoxy groups -OCH3 is 1. The zero-order valence-corrected chi connectivity index (χ0v) is 13.6. The molecule has 0 amide bonds. The van der Waals surface area contributed by atoms with Gasteiger partial charge < -0.3 is 9.47 Å². The molecule has 118 valence electrons. The van der Waals surface area contributed by atoms with Crippen molar-refractivity contribution in [3.63, 3.8) is 0 Å². The third-order valence-electron chi connectivity index (χ3n) is 3.04. The van der Waals surface area contributed by atoms with Crippen LogP contribution in [0.5, 0.6) is 11.5 Å². The SMILES string of the molecule is CCOc1ccccc1NS(=O)(=O)c1cc(C)ccc1OC. The number of rotatable bonds is 6. The molecule has 0 spiro atoms. The number of para-hydroxylation sites is 2. The van der Waals surface area contributed by atoms with Gasteiger partial charge in [-0.15, -0.1) is 0 Å². The number of benzene rings is 2. The maximum atomic E-state index is 12.6. The lowest BCUT2D eigenvalue weighted by Gasteiger charge is -2.14. The van der Waals surface area contributed by atoms with Gasteiger partial charge in [-0.1, -0.05) is 18.2 Å². The molecule has 0 radical (unpaired) electrons. The van der Waals surface area contributed by atoms with Crippen molar-refractivity contribution in [3.05, 3.63) is 48.0 Å². The van der Waals surface area contributed by atoms with Crippen LogP contribution in [0.15, 0.2) is 47.4 Å². The van der Waals surface area contributed by atoms with Gasteiger partial charge in [0.15, 0.2) is 0 Å². The van der Waals surface area contributed by atoms with Crippen molar-refractivity contribution >= 4 is 15.7 Å². The number of nitrogens with one attached hydrogen (secondary N) is 1. The summed E-state index contributed by atoms with van der Waals surface area (Å²) in [6, 6.07) is 11.9. The van der Waals surface area contributed by atoms with Crippen molar-refractivity contribution in [2.75, 3.05) is 18.4 Å². The highest BCUT2D eigenvalue weighted by Crippen LogP contribution is 2.30. The monoisotopic (exact) mass is 321 g/mol. The van der Waals surface area contributed by atoms with E-state index in [1.165, 1.54) is 7.11 Å². The fourth-order valence-corrected chi connectivity index (χ4v) is 3.35. The minimum atomic E-state index is -3.77. The highest BCUT2D eigenvalue weighted by atomic mass is 32.2. The van der Waals surface area contributed by atoms with E-state index in [2.05, 4.69) is 4.72 Å². The summed E-state index contributed by atoms with van der Waals surface area (Å²) in [5, 5.41) is 0. The Balaban J connectivity index is 2.43. The molecular weight excluding hydrogens is 302 g/mol. The summed E-state index contributed by atoms with van der Waals surface area (Å²) < 4.78 is 38.4. The van der Waals surface area contributed by atoms with Gasteiger partial charge in [0.2, 0.25) is 0 Å². The number of aryl methyl sites for hydroxylation is 1. The molecule has 0 aliphatic rings. The first-order valence-corrected chi connectivity index (χ1v) is 8.35. The van der Waals surface area contributed by atoms with Gasteiger partial charge in [-0.25, -0.2) is 8.42 Å². The highest BCUT2D eigenvalue weighted by Gasteiger charge is 2.21. The van der Waals surface area contributed by atoms with E-state index in [-0.39, 0.29) is 4.90 Å². The fourth-order valence-electron chi connectivity index (χ4n) is 2.03. The van der Waals surface area contributed by atoms with Crippen molar-refractivity contribution < 1.29 is 17.9 Å². The molecule has 22 heavy (non-hydrogen) atoms. The number of sulfonamides is 1. The normalized spacial score (nSPS) is 11.0. The lowest BCUT2D eigenvalue weighted by Crippen LogP contribution is -2.15. The van der Waals surface area contributed by atoms with E-state index < -0.39 is 10.0 Å². The molecule has 0 atom stereocenters. The Morgan fingerprint density at radius 1 is 1.09 bits per heavy atom. The molecule has 2 aromatic rings. The second-order valence-corrected chi connectivity index (χ2v) is 6.34. The Labute approximate surface area is 130 Å². The van der Waals surface area contributed by atoms with Crippen LogP contribution < -0.4 is 14.2 Å². The van der Waals surface area contributed by atoms with Crippen molar-refractivity contribution in [1.82, 2.24) is 0 Å². The van der Waals surface area contributed by atoms with Crippen LogP contribution in [0.1, 0.15) is 12.5 Å². The van der Waals surface area contributed by atoms with Crippen LogP contribution in [0.4, 0.5) is 5.69 Å². The zero-order chi connectivity index (χ0) is 16.2. The van der Waals surface area contributed by atoms with Gasteiger partial charge in [0.25, 0.3) is 10.0 Å². The van der Waals surface area contributed by atoms with Gasteiger partial charge in [0, 0.05) is 0 Å². The topological polar surface area (TPSA) is 64.6 Å². The highest BCUT2D eigenvalue weighted by molar-refractivity contribution is 7.92. The largest absolute Gasteiger partial charge is 0.495 e. The number of hydrogen-bond donors (Lipinski definition) is 1. The predicted octanol–water partition coefficient (Wildman–Crippen LogP) is 3.20. The Bertz CT molecular complexity index is 756. The van der Waals surface area contributed by atoms with Gasteiger partial charge in [-0.2, -0.15) is 0 Å². The number of hydrogen-bond acceptors (Lipinski definition) is 4. The summed E-state index contributed by atoms with van der Waals surface area (Å²) >= 11 is 0. The molecule has 0 aliphatic carbocycles. The average molecular weight is 321 g/mol. The molecular formula is C16H19NO4S.